The van der Waals surface area contributed by atoms with Crippen molar-refractivity contribution in [2.75, 3.05) is 13.3 Å². The number of hydrogen-bond donors (Lipinski definition) is 0. The van der Waals surface area contributed by atoms with Crippen molar-refractivity contribution in [1.82, 2.24) is 8.90 Å². The molecule has 0 aliphatic heterocycles. The molecule has 3 heteroatoms. The van der Waals surface area contributed by atoms with Crippen LogP contribution in [0.1, 0.15) is 84.1 Å². The maximum absolute atomic E-state index is 4.47. The number of fused-ring (bicyclic) bond motifs is 2. The summed E-state index contributed by atoms with van der Waals surface area (Å²) in [6, 6.07) is 30.3. The molecule has 0 saturated heterocycles. The predicted molar refractivity (Wildman–Crippen MR) is 272 cm³/mol. The van der Waals surface area contributed by atoms with Crippen LogP contribution in [-0.2, 0) is 7.05 Å². The van der Waals surface area contributed by atoms with Crippen molar-refractivity contribution in [1.29, 1.82) is 0 Å². The molecule has 1 aliphatic carbocycles. The molecule has 0 atom stereocenters. The molecule has 0 amide bonds. The van der Waals surface area contributed by atoms with Crippen molar-refractivity contribution in [2.24, 2.45) is 18.9 Å². The van der Waals surface area contributed by atoms with E-state index in [1.54, 1.807) is 0 Å². The van der Waals surface area contributed by atoms with E-state index in [1.807, 2.05) is 88.1 Å². The standard InChI is InChI=1S/C32H34.C6H10NP.C6H10.C5H7N.C5H6.C2H6/c1-19(2)21(5)29-17-25-13-9-11-15-27(25)31(23(29)7)32-24(8)30(22(6)20(3)4)18-26-14-10-12-16-28(26)32;1-8(2)7-5-3-4-6-7;1-3-5-6-4-2;1-6-4-2-3-5-6;1-2-4-5-3-1;1-2/h9-20H,5-6H2,1-4,7-8H3;3-6H,1-2H3;3-6H,1-2H3;2-5H,1H3;1-4H,5H2;1-2H3/b;;5-3-,6-4-;;;. The molecule has 59 heavy (non-hydrogen) atoms. The Morgan fingerprint density at radius 3 is 1.25 bits per heavy atom. The van der Waals surface area contributed by atoms with E-state index in [-0.39, 0.29) is 8.07 Å². The molecular weight excluding hydrogens is 732 g/mol. The summed E-state index contributed by atoms with van der Waals surface area (Å²) < 4.78 is 4.23. The fraction of sp³-hybridized carbons (Fsp3) is 0.286. The zero-order valence-electron chi connectivity index (χ0n) is 38.6. The molecule has 4 aromatic carbocycles. The zero-order valence-corrected chi connectivity index (χ0v) is 39.5. The second-order valence-corrected chi connectivity index (χ2v) is 17.2. The molecule has 2 heterocycles. The Morgan fingerprint density at radius 1 is 0.610 bits per heavy atom. The van der Waals surface area contributed by atoms with Crippen LogP contribution in [0.25, 0.3) is 43.8 Å². The van der Waals surface area contributed by atoms with Crippen LogP contribution in [0.5, 0.6) is 0 Å². The average Bonchev–Trinajstić information content (AvgIpc) is 4.08. The van der Waals surface area contributed by atoms with Gasteiger partial charge < -0.3 is 8.90 Å². The van der Waals surface area contributed by atoms with Crippen LogP contribution in [0.4, 0.5) is 0 Å². The van der Waals surface area contributed by atoms with Crippen LogP contribution < -0.4 is 0 Å². The van der Waals surface area contributed by atoms with Gasteiger partial charge in [0.2, 0.25) is 0 Å². The minimum Gasteiger partial charge on any atom is -0.357 e. The highest BCUT2D eigenvalue weighted by atomic mass is 31.1. The molecule has 0 saturated carbocycles. The lowest BCUT2D eigenvalue weighted by atomic mass is 9.80. The molecule has 0 radical (unpaired) electrons. The summed E-state index contributed by atoms with van der Waals surface area (Å²) in [6.45, 7) is 34.8. The smallest absolute Gasteiger partial charge is 0.0106 e. The normalized spacial score (nSPS) is 11.4. The Bertz CT molecular complexity index is 2140. The Balaban J connectivity index is 0.000000354. The molecular formula is C56H73N2P. The number of hydrogen-bond acceptors (Lipinski definition) is 0. The second-order valence-electron chi connectivity index (χ2n) is 15.1. The number of rotatable bonds is 7. The van der Waals surface area contributed by atoms with Gasteiger partial charge in [0.25, 0.3) is 0 Å². The van der Waals surface area contributed by atoms with E-state index in [0.29, 0.717) is 11.8 Å². The Kier molecular flexibility index (Phi) is 22.7. The Hall–Kier alpha value is -5.17. The van der Waals surface area contributed by atoms with Crippen molar-refractivity contribution in [3.63, 3.8) is 0 Å². The highest BCUT2D eigenvalue weighted by Crippen LogP contribution is 2.44. The van der Waals surface area contributed by atoms with Gasteiger partial charge >= 0.3 is 0 Å². The van der Waals surface area contributed by atoms with E-state index in [0.717, 1.165) is 6.42 Å². The van der Waals surface area contributed by atoms with Gasteiger partial charge in [-0.15, -0.1) is 0 Å². The third-order valence-corrected chi connectivity index (χ3v) is 11.1. The lowest BCUT2D eigenvalue weighted by molar-refractivity contribution is 0.856. The topological polar surface area (TPSA) is 9.86 Å². The van der Waals surface area contributed by atoms with Gasteiger partial charge in [0.1, 0.15) is 0 Å². The molecule has 2 aromatic heterocycles. The molecule has 1 aliphatic rings. The predicted octanol–water partition coefficient (Wildman–Crippen LogP) is 17.3. The van der Waals surface area contributed by atoms with Crippen molar-refractivity contribution in [3.05, 3.63) is 194 Å². The molecule has 6 aromatic rings. The third kappa shape index (κ3) is 15.2. The molecule has 7 rings (SSSR count). The summed E-state index contributed by atoms with van der Waals surface area (Å²) in [5.74, 6) is 0.792. The van der Waals surface area contributed by atoms with Gasteiger partial charge in [-0.25, -0.2) is 0 Å². The van der Waals surface area contributed by atoms with Gasteiger partial charge in [-0.05, 0) is 170 Å². The van der Waals surface area contributed by atoms with Gasteiger partial charge in [0, 0.05) is 31.8 Å². The summed E-state index contributed by atoms with van der Waals surface area (Å²) in [5, 5.41) is 5.12. The number of aromatic nitrogens is 2. The van der Waals surface area contributed by atoms with Gasteiger partial charge in [0.05, 0.1) is 0 Å². The first kappa shape index (κ1) is 50.0. The van der Waals surface area contributed by atoms with Crippen molar-refractivity contribution in [3.8, 4) is 11.1 Å². The van der Waals surface area contributed by atoms with Crippen LogP contribution in [0, 0.1) is 25.7 Å². The van der Waals surface area contributed by atoms with Crippen LogP contribution in [0.2, 0.25) is 0 Å². The first-order valence-corrected chi connectivity index (χ1v) is 23.4. The number of allylic oxidation sites excluding steroid dienone is 10. The quantitative estimate of drug-likeness (QED) is 0.112. The first-order chi connectivity index (χ1) is 28.3. The molecule has 0 unspecified atom stereocenters. The number of aryl methyl sites for hydroxylation is 1. The van der Waals surface area contributed by atoms with Crippen molar-refractivity contribution < 1.29 is 0 Å². The minimum atomic E-state index is 0.0581. The summed E-state index contributed by atoms with van der Waals surface area (Å²) in [6.07, 6.45) is 25.7. The minimum absolute atomic E-state index is 0.0581. The highest BCUT2D eigenvalue weighted by molar-refractivity contribution is 7.54. The SMILES string of the molecule is C/C=C\C=C/C.C1=CCC=C1.C=C(c1cc2ccccc2c(-c2c(C)c(C(=C)C(C)C)cc3ccccc23)c1C)C(C)C.CC.CP(C)n1cccc1.Cn1cccc1. The van der Waals surface area contributed by atoms with E-state index < -0.39 is 0 Å². The van der Waals surface area contributed by atoms with Crippen LogP contribution in [0.3, 0.4) is 0 Å². The van der Waals surface area contributed by atoms with Crippen LogP contribution in [-0.4, -0.2) is 22.2 Å². The average molecular weight is 805 g/mol. The van der Waals surface area contributed by atoms with Gasteiger partial charge in [-0.2, -0.15) is 0 Å². The van der Waals surface area contributed by atoms with Crippen molar-refractivity contribution in [2.45, 2.75) is 75.7 Å². The van der Waals surface area contributed by atoms with E-state index in [1.165, 1.54) is 66.1 Å². The summed E-state index contributed by atoms with van der Waals surface area (Å²) in [7, 11) is 2.06. The summed E-state index contributed by atoms with van der Waals surface area (Å²) >= 11 is 0. The van der Waals surface area contributed by atoms with E-state index in [4.69, 9.17) is 0 Å². The largest absolute Gasteiger partial charge is 0.357 e. The Labute approximate surface area is 360 Å². The number of nitrogens with zero attached hydrogens (tertiary/aromatic N) is 2. The monoisotopic (exact) mass is 805 g/mol. The molecule has 0 N–H and O–H groups in total. The van der Waals surface area contributed by atoms with E-state index in [9.17, 15) is 0 Å². The molecule has 0 bridgehead atoms. The van der Waals surface area contributed by atoms with Crippen LogP contribution >= 0.6 is 8.07 Å². The molecule has 312 valence electrons. The maximum atomic E-state index is 4.47. The van der Waals surface area contributed by atoms with Gasteiger partial charge in [-0.3, -0.25) is 0 Å². The van der Waals surface area contributed by atoms with E-state index in [2.05, 4.69) is 182 Å². The fourth-order valence-electron chi connectivity index (χ4n) is 6.46. The highest BCUT2D eigenvalue weighted by Gasteiger charge is 2.21. The second kappa shape index (κ2) is 26.8. The summed E-state index contributed by atoms with van der Waals surface area (Å²) in [4.78, 5) is 0. The molecule has 0 spiro atoms. The van der Waals surface area contributed by atoms with E-state index >= 15 is 0 Å². The van der Waals surface area contributed by atoms with Crippen molar-refractivity contribution >= 4 is 40.8 Å². The first-order valence-electron chi connectivity index (χ1n) is 21.2. The fourth-order valence-corrected chi connectivity index (χ4v) is 7.15. The molecule has 2 nitrogen and oxygen atoms in total. The zero-order chi connectivity index (χ0) is 43.9. The number of benzene rings is 4. The Morgan fingerprint density at radius 2 is 0.983 bits per heavy atom. The summed E-state index contributed by atoms with van der Waals surface area (Å²) in [5.41, 5.74) is 10.2. The van der Waals surface area contributed by atoms with Gasteiger partial charge in [-0.1, -0.05) is 152 Å². The lowest BCUT2D eigenvalue weighted by Crippen LogP contribution is -2.02. The van der Waals surface area contributed by atoms with Crippen LogP contribution in [0.15, 0.2) is 171 Å². The maximum Gasteiger partial charge on any atom is 0.0106 e. The third-order valence-electron chi connectivity index (χ3n) is 9.91. The lowest BCUT2D eigenvalue weighted by Gasteiger charge is -2.24. The van der Waals surface area contributed by atoms with Gasteiger partial charge in [0.15, 0.2) is 0 Å². The molecule has 0 fully saturated rings.